The van der Waals surface area contributed by atoms with Gasteiger partial charge in [0.05, 0.1) is 12.5 Å². The van der Waals surface area contributed by atoms with E-state index in [2.05, 4.69) is 0 Å². The number of carboxylic acids is 1. The standard InChI is InChI=1S/C19H22O3/c1-15-9-5-6-13-18(15)22-14-8-7-12-17(19(20)21)16-10-3-2-4-11-16/h2-6,9-11,13,17H,7-8,12,14H2,1H3,(H,20,21). The fourth-order valence-electron chi connectivity index (χ4n) is 2.47. The zero-order valence-corrected chi connectivity index (χ0v) is 12.9. The first-order valence-corrected chi connectivity index (χ1v) is 7.64. The minimum atomic E-state index is -0.758. The van der Waals surface area contributed by atoms with E-state index in [9.17, 15) is 9.90 Å². The Bertz CT molecular complexity index is 593. The van der Waals surface area contributed by atoms with E-state index in [1.807, 2.05) is 61.5 Å². The van der Waals surface area contributed by atoms with Gasteiger partial charge in [-0.2, -0.15) is 0 Å². The summed E-state index contributed by atoms with van der Waals surface area (Å²) in [4.78, 5) is 11.4. The zero-order chi connectivity index (χ0) is 15.8. The third-order valence-electron chi connectivity index (χ3n) is 3.74. The van der Waals surface area contributed by atoms with E-state index >= 15 is 0 Å². The maximum absolute atomic E-state index is 11.4. The number of rotatable bonds is 8. The van der Waals surface area contributed by atoms with Crippen LogP contribution < -0.4 is 4.74 Å². The summed E-state index contributed by atoms with van der Waals surface area (Å²) < 4.78 is 5.74. The van der Waals surface area contributed by atoms with Gasteiger partial charge in [-0.05, 0) is 43.4 Å². The van der Waals surface area contributed by atoms with Gasteiger partial charge in [0.15, 0.2) is 0 Å². The van der Waals surface area contributed by atoms with Crippen LogP contribution >= 0.6 is 0 Å². The van der Waals surface area contributed by atoms with Gasteiger partial charge in [0, 0.05) is 0 Å². The Hall–Kier alpha value is -2.29. The number of ether oxygens (including phenoxy) is 1. The maximum atomic E-state index is 11.4. The molecule has 0 saturated carbocycles. The molecule has 116 valence electrons. The number of carbonyl (C=O) groups is 1. The van der Waals surface area contributed by atoms with Gasteiger partial charge in [-0.25, -0.2) is 0 Å². The lowest BCUT2D eigenvalue weighted by Gasteiger charge is -2.13. The molecule has 0 aromatic heterocycles. The second-order valence-electron chi connectivity index (χ2n) is 5.41. The number of benzene rings is 2. The summed E-state index contributed by atoms with van der Waals surface area (Å²) in [5.41, 5.74) is 1.99. The molecule has 0 aliphatic rings. The summed E-state index contributed by atoms with van der Waals surface area (Å²) in [7, 11) is 0. The number of hydrogen-bond acceptors (Lipinski definition) is 2. The van der Waals surface area contributed by atoms with E-state index in [1.54, 1.807) is 0 Å². The number of unbranched alkanes of at least 4 members (excludes halogenated alkanes) is 1. The van der Waals surface area contributed by atoms with Crippen molar-refractivity contribution < 1.29 is 14.6 Å². The molecule has 0 spiro atoms. The van der Waals surface area contributed by atoms with Crippen molar-refractivity contribution in [3.05, 3.63) is 65.7 Å². The molecule has 0 radical (unpaired) electrons. The van der Waals surface area contributed by atoms with Gasteiger partial charge in [-0.3, -0.25) is 4.79 Å². The minimum absolute atomic E-state index is 0.431. The van der Waals surface area contributed by atoms with Crippen molar-refractivity contribution in [3.63, 3.8) is 0 Å². The maximum Gasteiger partial charge on any atom is 0.310 e. The van der Waals surface area contributed by atoms with E-state index in [1.165, 1.54) is 0 Å². The van der Waals surface area contributed by atoms with E-state index in [0.29, 0.717) is 13.0 Å². The quantitative estimate of drug-likeness (QED) is 0.734. The molecule has 22 heavy (non-hydrogen) atoms. The van der Waals surface area contributed by atoms with Crippen LogP contribution in [0, 0.1) is 6.92 Å². The van der Waals surface area contributed by atoms with Gasteiger partial charge in [-0.15, -0.1) is 0 Å². The molecule has 1 N–H and O–H groups in total. The van der Waals surface area contributed by atoms with Crippen LogP contribution in [0.15, 0.2) is 54.6 Å². The van der Waals surface area contributed by atoms with E-state index in [0.717, 1.165) is 29.7 Å². The normalized spacial score (nSPS) is 11.9. The van der Waals surface area contributed by atoms with Crippen molar-refractivity contribution in [2.24, 2.45) is 0 Å². The van der Waals surface area contributed by atoms with Crippen molar-refractivity contribution in [2.75, 3.05) is 6.61 Å². The largest absolute Gasteiger partial charge is 0.493 e. The third kappa shape index (κ3) is 4.62. The molecule has 0 bridgehead atoms. The van der Waals surface area contributed by atoms with Crippen LogP contribution in [0.3, 0.4) is 0 Å². The summed E-state index contributed by atoms with van der Waals surface area (Å²) in [5, 5.41) is 9.37. The highest BCUT2D eigenvalue weighted by Crippen LogP contribution is 2.22. The molecule has 3 nitrogen and oxygen atoms in total. The number of para-hydroxylation sites is 1. The average Bonchev–Trinajstić information content (AvgIpc) is 2.53. The number of carboxylic acid groups (broad SMARTS) is 1. The van der Waals surface area contributed by atoms with Gasteiger partial charge >= 0.3 is 5.97 Å². The highest BCUT2D eigenvalue weighted by molar-refractivity contribution is 5.75. The Balaban J connectivity index is 1.77. The molecular formula is C19H22O3. The molecule has 0 amide bonds. The summed E-state index contributed by atoms with van der Waals surface area (Å²) in [6, 6.07) is 17.3. The van der Waals surface area contributed by atoms with Crippen LogP contribution in [0.4, 0.5) is 0 Å². The lowest BCUT2D eigenvalue weighted by molar-refractivity contribution is -0.139. The lowest BCUT2D eigenvalue weighted by atomic mass is 9.94. The molecule has 2 aromatic rings. The van der Waals surface area contributed by atoms with Crippen molar-refractivity contribution in [1.29, 1.82) is 0 Å². The molecular weight excluding hydrogens is 276 g/mol. The second-order valence-corrected chi connectivity index (χ2v) is 5.41. The highest BCUT2D eigenvalue weighted by Gasteiger charge is 2.18. The van der Waals surface area contributed by atoms with E-state index in [4.69, 9.17) is 4.74 Å². The Morgan fingerprint density at radius 2 is 1.73 bits per heavy atom. The molecule has 3 heteroatoms. The van der Waals surface area contributed by atoms with Gasteiger partial charge in [-0.1, -0.05) is 48.5 Å². The molecule has 0 aliphatic carbocycles. The second kappa shape index (κ2) is 8.23. The van der Waals surface area contributed by atoms with Crippen molar-refractivity contribution >= 4 is 5.97 Å². The van der Waals surface area contributed by atoms with Crippen LogP contribution in [-0.2, 0) is 4.79 Å². The number of hydrogen-bond donors (Lipinski definition) is 1. The van der Waals surface area contributed by atoms with Crippen molar-refractivity contribution in [3.8, 4) is 5.75 Å². The van der Waals surface area contributed by atoms with Crippen molar-refractivity contribution in [1.82, 2.24) is 0 Å². The Morgan fingerprint density at radius 3 is 2.41 bits per heavy atom. The molecule has 2 aromatic carbocycles. The van der Waals surface area contributed by atoms with Crippen molar-refractivity contribution in [2.45, 2.75) is 32.1 Å². The SMILES string of the molecule is Cc1ccccc1OCCCCC(C(=O)O)c1ccccc1. The number of aliphatic carboxylic acids is 1. The number of aryl methyl sites for hydroxylation is 1. The predicted molar refractivity (Wildman–Crippen MR) is 87.3 cm³/mol. The van der Waals surface area contributed by atoms with Gasteiger partial charge < -0.3 is 9.84 Å². The fourth-order valence-corrected chi connectivity index (χ4v) is 2.47. The average molecular weight is 298 g/mol. The third-order valence-corrected chi connectivity index (χ3v) is 3.74. The minimum Gasteiger partial charge on any atom is -0.493 e. The Kier molecular flexibility index (Phi) is 6.01. The smallest absolute Gasteiger partial charge is 0.310 e. The van der Waals surface area contributed by atoms with Crippen LogP contribution in [-0.4, -0.2) is 17.7 Å². The lowest BCUT2D eigenvalue weighted by Crippen LogP contribution is -2.12. The monoisotopic (exact) mass is 298 g/mol. The van der Waals surface area contributed by atoms with Gasteiger partial charge in [0.2, 0.25) is 0 Å². The van der Waals surface area contributed by atoms with Crippen LogP contribution in [0.1, 0.15) is 36.3 Å². The molecule has 0 aliphatic heterocycles. The van der Waals surface area contributed by atoms with Crippen LogP contribution in [0.5, 0.6) is 5.75 Å². The van der Waals surface area contributed by atoms with Gasteiger partial charge in [0.1, 0.15) is 5.75 Å². The summed E-state index contributed by atoms with van der Waals surface area (Å²) >= 11 is 0. The van der Waals surface area contributed by atoms with Crippen LogP contribution in [0.25, 0.3) is 0 Å². The molecule has 0 saturated heterocycles. The summed E-state index contributed by atoms with van der Waals surface area (Å²) in [5.74, 6) is -0.286. The molecule has 0 fully saturated rings. The molecule has 2 rings (SSSR count). The topological polar surface area (TPSA) is 46.5 Å². The Morgan fingerprint density at radius 1 is 1.05 bits per heavy atom. The predicted octanol–water partition coefficient (Wildman–Crippen LogP) is 4.41. The van der Waals surface area contributed by atoms with Crippen LogP contribution in [0.2, 0.25) is 0 Å². The molecule has 0 heterocycles. The Labute approximate surface area is 131 Å². The molecule has 1 unspecified atom stereocenters. The summed E-state index contributed by atoms with van der Waals surface area (Å²) in [6.07, 6.45) is 2.32. The van der Waals surface area contributed by atoms with E-state index < -0.39 is 11.9 Å². The first kappa shape index (κ1) is 16.1. The first-order valence-electron chi connectivity index (χ1n) is 7.64. The van der Waals surface area contributed by atoms with E-state index in [-0.39, 0.29) is 0 Å². The van der Waals surface area contributed by atoms with Gasteiger partial charge in [0.25, 0.3) is 0 Å². The first-order chi connectivity index (χ1) is 10.7. The highest BCUT2D eigenvalue weighted by atomic mass is 16.5. The summed E-state index contributed by atoms with van der Waals surface area (Å²) in [6.45, 7) is 2.64. The fraction of sp³-hybridized carbons (Fsp3) is 0.316. The molecule has 1 atom stereocenters. The zero-order valence-electron chi connectivity index (χ0n) is 12.9.